The molecular formula is C13H22N2O4. The molecule has 6 heteroatoms. The van der Waals surface area contributed by atoms with Crippen LogP contribution in [-0.4, -0.2) is 56.9 Å². The average Bonchev–Trinajstić information content (AvgIpc) is 2.48. The number of carbonyl (C=O) groups is 3. The van der Waals surface area contributed by atoms with Crippen LogP contribution in [0.15, 0.2) is 0 Å². The number of carbonyl (C=O) groups excluding carboxylic acids is 2. The van der Waals surface area contributed by atoms with E-state index in [2.05, 4.69) is 0 Å². The van der Waals surface area contributed by atoms with Gasteiger partial charge in [-0.05, 0) is 34.6 Å². The Labute approximate surface area is 113 Å². The van der Waals surface area contributed by atoms with Gasteiger partial charge in [0.25, 0.3) is 0 Å². The first-order valence-corrected chi connectivity index (χ1v) is 6.40. The number of amides is 2. The van der Waals surface area contributed by atoms with E-state index < -0.39 is 17.6 Å². The van der Waals surface area contributed by atoms with Crippen LogP contribution in [0.1, 0.15) is 41.0 Å². The molecule has 1 N–H and O–H groups in total. The monoisotopic (exact) mass is 270 g/mol. The number of hydrogen-bond donors (Lipinski definition) is 1. The van der Waals surface area contributed by atoms with Crippen molar-refractivity contribution in [2.45, 2.75) is 58.7 Å². The molecule has 1 heterocycles. The van der Waals surface area contributed by atoms with Crippen LogP contribution in [0, 0.1) is 0 Å². The Morgan fingerprint density at radius 1 is 1.42 bits per heavy atom. The minimum Gasteiger partial charge on any atom is -0.480 e. The zero-order valence-electron chi connectivity index (χ0n) is 12.1. The molecule has 1 aliphatic rings. The third-order valence-corrected chi connectivity index (χ3v) is 3.22. The topological polar surface area (TPSA) is 77.9 Å². The number of hydrogen-bond acceptors (Lipinski definition) is 4. The van der Waals surface area contributed by atoms with Crippen LogP contribution in [0.25, 0.3) is 0 Å². The molecule has 0 spiro atoms. The highest BCUT2D eigenvalue weighted by Crippen LogP contribution is 2.26. The molecule has 19 heavy (non-hydrogen) atoms. The third-order valence-electron chi connectivity index (χ3n) is 3.22. The summed E-state index contributed by atoms with van der Waals surface area (Å²) in [6, 6.07) is -0.873. The van der Waals surface area contributed by atoms with Gasteiger partial charge in [0.15, 0.2) is 0 Å². The van der Waals surface area contributed by atoms with Crippen LogP contribution in [0.3, 0.4) is 0 Å². The van der Waals surface area contributed by atoms with Crippen molar-refractivity contribution in [3.8, 4) is 0 Å². The van der Waals surface area contributed by atoms with Gasteiger partial charge in [-0.1, -0.05) is 0 Å². The molecule has 1 unspecified atom stereocenters. The molecule has 0 bridgehead atoms. The molecule has 0 aromatic heterocycles. The Bertz CT molecular complexity index is 398. The minimum absolute atomic E-state index is 0.0571. The predicted molar refractivity (Wildman–Crippen MR) is 69.5 cm³/mol. The molecule has 1 rings (SSSR count). The van der Waals surface area contributed by atoms with Gasteiger partial charge in [0.1, 0.15) is 0 Å². The van der Waals surface area contributed by atoms with Crippen molar-refractivity contribution < 1.29 is 19.5 Å². The number of carboxylic acids is 1. The van der Waals surface area contributed by atoms with Gasteiger partial charge in [-0.25, -0.2) is 0 Å². The fourth-order valence-electron chi connectivity index (χ4n) is 2.38. The summed E-state index contributed by atoms with van der Waals surface area (Å²) in [6.45, 7) is 8.82. The molecule has 1 fully saturated rings. The lowest BCUT2D eigenvalue weighted by atomic mass is 10.0. The Morgan fingerprint density at radius 3 is 2.26 bits per heavy atom. The number of carboxylic acid groups (broad SMARTS) is 1. The Morgan fingerprint density at radius 2 is 1.95 bits per heavy atom. The number of likely N-dealkylation sites (tertiary alicyclic amines) is 1. The SMILES string of the molecule is CC(C)N1C(=O)CC(N(CC(=O)O)C(C)(C)C)C1=O. The summed E-state index contributed by atoms with van der Waals surface area (Å²) in [4.78, 5) is 38.0. The van der Waals surface area contributed by atoms with E-state index in [1.165, 1.54) is 4.90 Å². The second kappa shape index (κ2) is 5.28. The Hall–Kier alpha value is -1.43. The zero-order valence-corrected chi connectivity index (χ0v) is 12.1. The predicted octanol–water partition coefficient (Wildman–Crippen LogP) is 0.707. The fourth-order valence-corrected chi connectivity index (χ4v) is 2.38. The van der Waals surface area contributed by atoms with Crippen LogP contribution in [0.2, 0.25) is 0 Å². The smallest absolute Gasteiger partial charge is 0.317 e. The van der Waals surface area contributed by atoms with E-state index in [0.29, 0.717) is 0 Å². The van der Waals surface area contributed by atoms with E-state index >= 15 is 0 Å². The van der Waals surface area contributed by atoms with Gasteiger partial charge < -0.3 is 5.11 Å². The maximum absolute atomic E-state index is 12.3. The van der Waals surface area contributed by atoms with Gasteiger partial charge in [-0.2, -0.15) is 0 Å². The first-order chi connectivity index (χ1) is 8.55. The van der Waals surface area contributed by atoms with E-state index in [1.54, 1.807) is 18.7 Å². The maximum atomic E-state index is 12.3. The van der Waals surface area contributed by atoms with Crippen molar-refractivity contribution in [1.82, 2.24) is 9.80 Å². The van der Waals surface area contributed by atoms with E-state index in [0.717, 1.165) is 0 Å². The van der Waals surface area contributed by atoms with Crippen LogP contribution >= 0.6 is 0 Å². The summed E-state index contributed by atoms with van der Waals surface area (Å²) in [5, 5.41) is 8.98. The van der Waals surface area contributed by atoms with E-state index in [1.807, 2.05) is 20.8 Å². The third kappa shape index (κ3) is 3.32. The normalized spacial score (nSPS) is 20.8. The molecule has 108 valence electrons. The molecule has 2 amide bonds. The van der Waals surface area contributed by atoms with Gasteiger partial charge in [0.05, 0.1) is 19.0 Å². The molecule has 0 radical (unpaired) electrons. The Kier molecular flexibility index (Phi) is 4.35. The van der Waals surface area contributed by atoms with Crippen molar-refractivity contribution in [1.29, 1.82) is 0 Å². The maximum Gasteiger partial charge on any atom is 0.317 e. The summed E-state index contributed by atoms with van der Waals surface area (Å²) in [7, 11) is 0. The van der Waals surface area contributed by atoms with Crippen molar-refractivity contribution in [2.75, 3.05) is 6.54 Å². The van der Waals surface area contributed by atoms with Crippen molar-refractivity contribution in [3.05, 3.63) is 0 Å². The van der Waals surface area contributed by atoms with Crippen molar-refractivity contribution >= 4 is 17.8 Å². The largest absolute Gasteiger partial charge is 0.480 e. The first-order valence-electron chi connectivity index (χ1n) is 6.40. The van der Waals surface area contributed by atoms with Gasteiger partial charge in [-0.3, -0.25) is 24.2 Å². The lowest BCUT2D eigenvalue weighted by Gasteiger charge is -2.37. The molecule has 1 aliphatic heterocycles. The molecule has 0 aromatic carbocycles. The average molecular weight is 270 g/mol. The van der Waals surface area contributed by atoms with Gasteiger partial charge in [0.2, 0.25) is 11.8 Å². The van der Waals surface area contributed by atoms with E-state index in [4.69, 9.17) is 5.11 Å². The van der Waals surface area contributed by atoms with Crippen molar-refractivity contribution in [2.24, 2.45) is 0 Å². The second-order valence-electron chi connectivity index (χ2n) is 6.11. The summed E-state index contributed by atoms with van der Waals surface area (Å²) >= 11 is 0. The summed E-state index contributed by atoms with van der Waals surface area (Å²) in [6.07, 6.45) is 0.0571. The quantitative estimate of drug-likeness (QED) is 0.761. The summed E-state index contributed by atoms with van der Waals surface area (Å²) in [5.41, 5.74) is -0.494. The number of rotatable bonds is 4. The standard InChI is InChI=1S/C13H22N2O4/c1-8(2)15-10(16)6-9(12(15)19)14(7-11(17)18)13(3,4)5/h8-9H,6-7H2,1-5H3,(H,17,18). The molecule has 0 aromatic rings. The lowest BCUT2D eigenvalue weighted by Crippen LogP contribution is -2.53. The van der Waals surface area contributed by atoms with E-state index in [-0.39, 0.29) is 30.8 Å². The number of aliphatic carboxylic acids is 1. The molecule has 1 atom stereocenters. The van der Waals surface area contributed by atoms with Crippen LogP contribution in [0.4, 0.5) is 0 Å². The van der Waals surface area contributed by atoms with Crippen LogP contribution in [-0.2, 0) is 14.4 Å². The highest BCUT2D eigenvalue weighted by molar-refractivity contribution is 6.06. The molecule has 1 saturated heterocycles. The first kappa shape index (κ1) is 15.6. The fraction of sp³-hybridized carbons (Fsp3) is 0.769. The second-order valence-corrected chi connectivity index (χ2v) is 6.11. The summed E-state index contributed by atoms with van der Waals surface area (Å²) in [5.74, 6) is -1.53. The summed E-state index contributed by atoms with van der Waals surface area (Å²) < 4.78 is 0. The number of nitrogens with zero attached hydrogens (tertiary/aromatic N) is 2. The molecule has 0 aliphatic carbocycles. The zero-order chi connectivity index (χ0) is 15.0. The van der Waals surface area contributed by atoms with Gasteiger partial charge in [0, 0.05) is 11.6 Å². The van der Waals surface area contributed by atoms with Gasteiger partial charge in [-0.15, -0.1) is 0 Å². The van der Waals surface area contributed by atoms with Crippen LogP contribution in [0.5, 0.6) is 0 Å². The van der Waals surface area contributed by atoms with E-state index in [9.17, 15) is 14.4 Å². The van der Waals surface area contributed by atoms with Crippen molar-refractivity contribution in [3.63, 3.8) is 0 Å². The highest BCUT2D eigenvalue weighted by atomic mass is 16.4. The molecule has 0 saturated carbocycles. The van der Waals surface area contributed by atoms with Gasteiger partial charge >= 0.3 is 5.97 Å². The van der Waals surface area contributed by atoms with Crippen LogP contribution < -0.4 is 0 Å². The molecular weight excluding hydrogens is 248 g/mol. The number of imide groups is 1. The highest BCUT2D eigenvalue weighted by Gasteiger charge is 2.46. The molecule has 6 nitrogen and oxygen atoms in total. The minimum atomic E-state index is -1.00. The Balaban J connectivity index is 3.02. The lowest BCUT2D eigenvalue weighted by molar-refractivity contribution is -0.144.